The highest BCUT2D eigenvalue weighted by molar-refractivity contribution is 5.62. The van der Waals surface area contributed by atoms with Gasteiger partial charge in [-0.15, -0.1) is 0 Å². The van der Waals surface area contributed by atoms with E-state index >= 15 is 0 Å². The third-order valence-corrected chi connectivity index (χ3v) is 2.91. The van der Waals surface area contributed by atoms with Crippen LogP contribution < -0.4 is 5.32 Å². The molecular weight excluding hydrogens is 251 g/mol. The first-order valence-corrected chi connectivity index (χ1v) is 5.68. The molecule has 0 atom stereocenters. The van der Waals surface area contributed by atoms with E-state index in [9.17, 15) is 14.5 Å². The van der Waals surface area contributed by atoms with Crippen molar-refractivity contribution in [3.8, 4) is 0 Å². The molecule has 7 heteroatoms. The third-order valence-electron chi connectivity index (χ3n) is 2.91. The number of aromatic amines is 1. The molecule has 0 unspecified atom stereocenters. The SMILES string of the molecule is Cc1n[nH]c(C)c1CNc1cccc(F)c1[N+](=O)[O-]. The van der Waals surface area contributed by atoms with Gasteiger partial charge >= 0.3 is 5.69 Å². The zero-order valence-electron chi connectivity index (χ0n) is 10.5. The van der Waals surface area contributed by atoms with Crippen LogP contribution in [0.4, 0.5) is 15.8 Å². The molecule has 0 aliphatic heterocycles. The van der Waals surface area contributed by atoms with Crippen molar-refractivity contribution in [2.24, 2.45) is 0 Å². The standard InChI is InChI=1S/C12H13FN4O2/c1-7-9(8(2)16-15-7)6-14-11-5-3-4-10(13)12(11)17(18)19/h3-5,14H,6H2,1-2H3,(H,15,16). The second-order valence-electron chi connectivity index (χ2n) is 4.16. The van der Waals surface area contributed by atoms with Gasteiger partial charge in [0.2, 0.25) is 5.82 Å². The average molecular weight is 264 g/mol. The Morgan fingerprint density at radius 2 is 2.21 bits per heavy atom. The number of nitro groups is 1. The number of anilines is 1. The smallest absolute Gasteiger partial charge is 0.327 e. The van der Waals surface area contributed by atoms with Crippen LogP contribution in [0.5, 0.6) is 0 Å². The van der Waals surface area contributed by atoms with Gasteiger partial charge in [0, 0.05) is 17.8 Å². The highest BCUT2D eigenvalue weighted by Gasteiger charge is 2.19. The van der Waals surface area contributed by atoms with E-state index in [-0.39, 0.29) is 5.69 Å². The molecule has 19 heavy (non-hydrogen) atoms. The highest BCUT2D eigenvalue weighted by Crippen LogP contribution is 2.27. The van der Waals surface area contributed by atoms with Gasteiger partial charge in [0.05, 0.1) is 10.6 Å². The average Bonchev–Trinajstić information content (AvgIpc) is 2.66. The molecule has 0 fully saturated rings. The number of H-pyrrole nitrogens is 1. The molecule has 0 spiro atoms. The molecule has 0 aliphatic rings. The quantitative estimate of drug-likeness (QED) is 0.656. The minimum atomic E-state index is -0.851. The lowest BCUT2D eigenvalue weighted by Gasteiger charge is -2.07. The summed E-state index contributed by atoms with van der Waals surface area (Å²) in [4.78, 5) is 10.1. The van der Waals surface area contributed by atoms with Crippen LogP contribution in [0, 0.1) is 29.8 Å². The Kier molecular flexibility index (Phi) is 3.46. The lowest BCUT2D eigenvalue weighted by molar-refractivity contribution is -0.386. The zero-order chi connectivity index (χ0) is 14.0. The topological polar surface area (TPSA) is 83.8 Å². The molecule has 100 valence electrons. The summed E-state index contributed by atoms with van der Waals surface area (Å²) in [6, 6.07) is 3.98. The number of hydrogen-bond acceptors (Lipinski definition) is 4. The minimum absolute atomic E-state index is 0.157. The predicted octanol–water partition coefficient (Wildman–Crippen LogP) is 2.69. The first-order chi connectivity index (χ1) is 9.00. The first-order valence-electron chi connectivity index (χ1n) is 5.68. The van der Waals surface area contributed by atoms with Gasteiger partial charge in [-0.05, 0) is 26.0 Å². The van der Waals surface area contributed by atoms with Gasteiger partial charge in [0.15, 0.2) is 0 Å². The van der Waals surface area contributed by atoms with Crippen LogP contribution in [0.25, 0.3) is 0 Å². The predicted molar refractivity (Wildman–Crippen MR) is 68.4 cm³/mol. The number of nitro benzene ring substituents is 1. The fourth-order valence-electron chi connectivity index (χ4n) is 1.86. The van der Waals surface area contributed by atoms with Crippen molar-refractivity contribution in [2.45, 2.75) is 20.4 Å². The Morgan fingerprint density at radius 3 is 2.79 bits per heavy atom. The van der Waals surface area contributed by atoms with Crippen molar-refractivity contribution in [3.63, 3.8) is 0 Å². The molecule has 1 heterocycles. The number of benzene rings is 1. The molecule has 2 aromatic rings. The molecule has 0 saturated carbocycles. The largest absolute Gasteiger partial charge is 0.375 e. The number of hydrogen-bond donors (Lipinski definition) is 2. The van der Waals surface area contributed by atoms with E-state index in [1.165, 1.54) is 12.1 Å². The van der Waals surface area contributed by atoms with E-state index in [1.54, 1.807) is 0 Å². The molecule has 0 bridgehead atoms. The van der Waals surface area contributed by atoms with Crippen molar-refractivity contribution in [1.29, 1.82) is 0 Å². The van der Waals surface area contributed by atoms with Crippen LogP contribution in [0.1, 0.15) is 17.0 Å². The highest BCUT2D eigenvalue weighted by atomic mass is 19.1. The van der Waals surface area contributed by atoms with Crippen LogP contribution in [0.15, 0.2) is 18.2 Å². The lowest BCUT2D eigenvalue weighted by atomic mass is 10.2. The Morgan fingerprint density at radius 1 is 1.47 bits per heavy atom. The fourth-order valence-corrected chi connectivity index (χ4v) is 1.86. The number of nitrogens with zero attached hydrogens (tertiary/aromatic N) is 2. The Hall–Kier alpha value is -2.44. The van der Waals surface area contributed by atoms with E-state index in [0.717, 1.165) is 23.0 Å². The van der Waals surface area contributed by atoms with Crippen molar-refractivity contribution >= 4 is 11.4 Å². The molecule has 1 aromatic heterocycles. The van der Waals surface area contributed by atoms with Crippen molar-refractivity contribution in [2.75, 3.05) is 5.32 Å². The van der Waals surface area contributed by atoms with Gasteiger partial charge in [-0.3, -0.25) is 15.2 Å². The molecule has 1 aromatic carbocycles. The van der Waals surface area contributed by atoms with E-state index in [2.05, 4.69) is 15.5 Å². The summed E-state index contributed by atoms with van der Waals surface area (Å²) in [5.74, 6) is -0.851. The maximum Gasteiger partial charge on any atom is 0.327 e. The maximum atomic E-state index is 13.4. The number of aryl methyl sites for hydroxylation is 2. The molecule has 2 N–H and O–H groups in total. The van der Waals surface area contributed by atoms with Gasteiger partial charge in [-0.1, -0.05) is 6.07 Å². The van der Waals surface area contributed by atoms with E-state index < -0.39 is 16.4 Å². The van der Waals surface area contributed by atoms with Crippen molar-refractivity contribution < 1.29 is 9.31 Å². The summed E-state index contributed by atoms with van der Waals surface area (Å²) >= 11 is 0. The Bertz CT molecular complexity index is 605. The maximum absolute atomic E-state index is 13.4. The van der Waals surface area contributed by atoms with Crippen molar-refractivity contribution in [3.05, 3.63) is 51.1 Å². The molecule has 0 amide bonds. The summed E-state index contributed by atoms with van der Waals surface area (Å²) in [5.41, 5.74) is 2.22. The Balaban J connectivity index is 2.25. The molecule has 0 radical (unpaired) electrons. The monoisotopic (exact) mass is 264 g/mol. The van der Waals surface area contributed by atoms with Crippen LogP contribution in [0.2, 0.25) is 0 Å². The molecule has 0 saturated heterocycles. The minimum Gasteiger partial charge on any atom is -0.375 e. The molecule has 6 nitrogen and oxygen atoms in total. The Labute approximate surface area is 108 Å². The normalized spacial score (nSPS) is 10.5. The van der Waals surface area contributed by atoms with Crippen LogP contribution >= 0.6 is 0 Å². The lowest BCUT2D eigenvalue weighted by Crippen LogP contribution is -2.05. The zero-order valence-corrected chi connectivity index (χ0v) is 10.5. The molecule has 2 rings (SSSR count). The molecule has 0 aliphatic carbocycles. The number of halogens is 1. The summed E-state index contributed by atoms with van der Waals surface area (Å²) in [6.07, 6.45) is 0. The second-order valence-corrected chi connectivity index (χ2v) is 4.16. The van der Waals surface area contributed by atoms with E-state index in [1.807, 2.05) is 13.8 Å². The van der Waals surface area contributed by atoms with Crippen LogP contribution in [-0.4, -0.2) is 15.1 Å². The number of rotatable bonds is 4. The van der Waals surface area contributed by atoms with Gasteiger partial charge < -0.3 is 5.32 Å². The third kappa shape index (κ3) is 2.54. The van der Waals surface area contributed by atoms with Crippen LogP contribution in [-0.2, 0) is 6.54 Å². The van der Waals surface area contributed by atoms with Crippen molar-refractivity contribution in [1.82, 2.24) is 10.2 Å². The van der Waals surface area contributed by atoms with Gasteiger partial charge in [-0.25, -0.2) is 0 Å². The number of aromatic nitrogens is 2. The number of nitrogens with one attached hydrogen (secondary N) is 2. The summed E-state index contributed by atoms with van der Waals surface area (Å²) < 4.78 is 13.4. The number of para-hydroxylation sites is 1. The van der Waals surface area contributed by atoms with Crippen LogP contribution in [0.3, 0.4) is 0 Å². The fraction of sp³-hybridized carbons (Fsp3) is 0.250. The first kappa shape index (κ1) is 13.0. The van der Waals surface area contributed by atoms with Gasteiger partial charge in [0.25, 0.3) is 0 Å². The molecular formula is C12H13FN4O2. The van der Waals surface area contributed by atoms with Gasteiger partial charge in [0.1, 0.15) is 5.69 Å². The van der Waals surface area contributed by atoms with E-state index in [4.69, 9.17) is 0 Å². The second kappa shape index (κ2) is 5.05. The summed E-state index contributed by atoms with van der Waals surface area (Å²) in [5, 5.41) is 20.6. The van der Waals surface area contributed by atoms with E-state index in [0.29, 0.717) is 6.54 Å². The van der Waals surface area contributed by atoms with Gasteiger partial charge in [-0.2, -0.15) is 9.49 Å². The summed E-state index contributed by atoms with van der Waals surface area (Å²) in [7, 11) is 0. The summed E-state index contributed by atoms with van der Waals surface area (Å²) in [6.45, 7) is 4.04.